The molecule has 2 aromatic carbocycles. The van der Waals surface area contributed by atoms with Gasteiger partial charge in [0, 0.05) is 15.4 Å². The van der Waals surface area contributed by atoms with Crippen LogP contribution in [0.5, 0.6) is 6.01 Å². The lowest BCUT2D eigenvalue weighted by molar-refractivity contribution is 0.282. The topological polar surface area (TPSA) is 60.2 Å². The van der Waals surface area contributed by atoms with Crippen molar-refractivity contribution in [2.45, 2.75) is 13.2 Å². The fraction of sp³-hybridized carbons (Fsp3) is 0.100. The van der Waals surface area contributed by atoms with Gasteiger partial charge in [0.25, 0.3) is 0 Å². The van der Waals surface area contributed by atoms with E-state index < -0.39 is 0 Å². The largest absolute Gasteiger partial charge is 0.467 e. The molecule has 0 spiro atoms. The number of anilines is 1. The maximum atomic E-state index is 6.04. The molecule has 0 amide bonds. The van der Waals surface area contributed by atoms with Crippen LogP contribution in [0.15, 0.2) is 65.3 Å². The van der Waals surface area contributed by atoms with Gasteiger partial charge < -0.3 is 14.5 Å². The molecule has 4 aromatic rings. The Labute approximate surface area is 165 Å². The monoisotopic (exact) mass is 399 g/mol. The summed E-state index contributed by atoms with van der Waals surface area (Å²) < 4.78 is 11.1. The molecule has 0 aliphatic carbocycles. The fourth-order valence-electron chi connectivity index (χ4n) is 2.68. The third-order valence-corrected chi connectivity index (χ3v) is 4.32. The van der Waals surface area contributed by atoms with Crippen LogP contribution < -0.4 is 10.1 Å². The number of rotatable bonds is 6. The summed E-state index contributed by atoms with van der Waals surface area (Å²) in [7, 11) is 0. The molecule has 0 aliphatic rings. The lowest BCUT2D eigenvalue weighted by Gasteiger charge is -2.11. The summed E-state index contributed by atoms with van der Waals surface area (Å²) in [6.45, 7) is 0.771. The van der Waals surface area contributed by atoms with Gasteiger partial charge in [0.05, 0.1) is 18.3 Å². The maximum Gasteiger partial charge on any atom is 0.319 e. The van der Waals surface area contributed by atoms with Crippen molar-refractivity contribution < 1.29 is 9.15 Å². The molecule has 0 saturated heterocycles. The molecule has 136 valence electrons. The Bertz CT molecular complexity index is 1050. The van der Waals surface area contributed by atoms with Crippen LogP contribution >= 0.6 is 23.2 Å². The molecule has 0 bridgehead atoms. The smallest absolute Gasteiger partial charge is 0.319 e. The summed E-state index contributed by atoms with van der Waals surface area (Å²) in [6, 6.07) is 17.0. The number of ether oxygens (including phenoxy) is 1. The maximum absolute atomic E-state index is 6.04. The molecule has 0 unspecified atom stereocenters. The van der Waals surface area contributed by atoms with Crippen LogP contribution in [-0.4, -0.2) is 9.97 Å². The Morgan fingerprint density at radius 1 is 0.963 bits per heavy atom. The van der Waals surface area contributed by atoms with Crippen LogP contribution in [0.2, 0.25) is 10.0 Å². The van der Waals surface area contributed by atoms with E-state index in [1.807, 2.05) is 36.4 Å². The van der Waals surface area contributed by atoms with E-state index in [1.165, 1.54) is 0 Å². The molecule has 2 aromatic heterocycles. The highest BCUT2D eigenvalue weighted by Gasteiger charge is 2.10. The highest BCUT2D eigenvalue weighted by Crippen LogP contribution is 2.25. The summed E-state index contributed by atoms with van der Waals surface area (Å²) in [4.78, 5) is 8.99. The van der Waals surface area contributed by atoms with E-state index in [0.29, 0.717) is 22.4 Å². The second-order valence-electron chi connectivity index (χ2n) is 5.87. The molecular formula is C20H15Cl2N3O2. The zero-order valence-electron chi connectivity index (χ0n) is 14.2. The van der Waals surface area contributed by atoms with E-state index in [4.69, 9.17) is 32.4 Å². The normalized spacial score (nSPS) is 10.9. The van der Waals surface area contributed by atoms with Gasteiger partial charge in [-0.15, -0.1) is 0 Å². The van der Waals surface area contributed by atoms with Crippen molar-refractivity contribution in [2.24, 2.45) is 0 Å². The minimum absolute atomic E-state index is 0.260. The van der Waals surface area contributed by atoms with Crippen LogP contribution in [0.4, 0.5) is 5.82 Å². The second-order valence-corrected chi connectivity index (χ2v) is 6.74. The van der Waals surface area contributed by atoms with Crippen molar-refractivity contribution >= 4 is 39.9 Å². The van der Waals surface area contributed by atoms with Crippen LogP contribution in [0.3, 0.4) is 0 Å². The van der Waals surface area contributed by atoms with Gasteiger partial charge in [-0.2, -0.15) is 9.97 Å². The van der Waals surface area contributed by atoms with Crippen molar-refractivity contribution in [3.63, 3.8) is 0 Å². The van der Waals surface area contributed by atoms with Gasteiger partial charge in [0.15, 0.2) is 0 Å². The number of hydrogen-bond acceptors (Lipinski definition) is 5. The Morgan fingerprint density at radius 2 is 1.78 bits per heavy atom. The number of para-hydroxylation sites is 1. The van der Waals surface area contributed by atoms with Gasteiger partial charge in [-0.3, -0.25) is 0 Å². The van der Waals surface area contributed by atoms with Gasteiger partial charge in [-0.05, 0) is 48.0 Å². The first-order valence-electron chi connectivity index (χ1n) is 8.28. The van der Waals surface area contributed by atoms with Gasteiger partial charge in [-0.1, -0.05) is 35.3 Å². The molecule has 2 heterocycles. The van der Waals surface area contributed by atoms with Gasteiger partial charge in [-0.25, -0.2) is 0 Å². The highest BCUT2D eigenvalue weighted by atomic mass is 35.5. The number of nitrogens with one attached hydrogen (secondary N) is 1. The minimum Gasteiger partial charge on any atom is -0.467 e. The number of furan rings is 1. The molecule has 27 heavy (non-hydrogen) atoms. The number of hydrogen-bond donors (Lipinski definition) is 1. The van der Waals surface area contributed by atoms with Crippen LogP contribution in [0.25, 0.3) is 10.9 Å². The molecule has 0 atom stereocenters. The third-order valence-electron chi connectivity index (χ3n) is 3.88. The lowest BCUT2D eigenvalue weighted by Crippen LogP contribution is -2.05. The number of aromatic nitrogens is 2. The second kappa shape index (κ2) is 7.86. The summed E-state index contributed by atoms with van der Waals surface area (Å²) in [6.07, 6.45) is 1.64. The summed E-state index contributed by atoms with van der Waals surface area (Å²) >= 11 is 12.1. The predicted octanol–water partition coefficient (Wildman–Crippen LogP) is 5.72. The van der Waals surface area contributed by atoms with E-state index in [2.05, 4.69) is 15.3 Å². The van der Waals surface area contributed by atoms with Crippen molar-refractivity contribution in [1.82, 2.24) is 9.97 Å². The Balaban J connectivity index is 1.58. The first-order chi connectivity index (χ1) is 13.2. The Morgan fingerprint density at radius 3 is 2.56 bits per heavy atom. The van der Waals surface area contributed by atoms with Crippen molar-refractivity contribution in [3.8, 4) is 6.01 Å². The molecular weight excluding hydrogens is 385 g/mol. The zero-order chi connectivity index (χ0) is 18.6. The average Bonchev–Trinajstić information content (AvgIpc) is 3.17. The average molecular weight is 400 g/mol. The van der Waals surface area contributed by atoms with Crippen molar-refractivity contribution in [2.75, 3.05) is 5.32 Å². The number of benzene rings is 2. The van der Waals surface area contributed by atoms with Gasteiger partial charge in [0.2, 0.25) is 0 Å². The number of halogens is 2. The SMILES string of the molecule is Clc1cc(Cl)cc(COc2nc(NCc3ccco3)c3ccccc3n2)c1. The first kappa shape index (κ1) is 17.6. The Kier molecular flexibility index (Phi) is 5.14. The molecule has 0 radical (unpaired) electrons. The quantitative estimate of drug-likeness (QED) is 0.449. The summed E-state index contributed by atoms with van der Waals surface area (Å²) in [5.74, 6) is 1.49. The van der Waals surface area contributed by atoms with Gasteiger partial charge >= 0.3 is 6.01 Å². The molecule has 1 N–H and O–H groups in total. The third kappa shape index (κ3) is 4.32. The Hall–Kier alpha value is -2.76. The lowest BCUT2D eigenvalue weighted by atomic mass is 10.2. The van der Waals surface area contributed by atoms with Crippen LogP contribution in [0, 0.1) is 0 Å². The van der Waals surface area contributed by atoms with Gasteiger partial charge in [0.1, 0.15) is 18.2 Å². The molecule has 0 fully saturated rings. The predicted molar refractivity (Wildman–Crippen MR) is 106 cm³/mol. The molecule has 0 saturated carbocycles. The standard InChI is InChI=1S/C20H15Cl2N3O2/c21-14-8-13(9-15(22)10-14)12-27-20-24-18-6-2-1-5-17(18)19(25-20)23-11-16-4-3-7-26-16/h1-10H,11-12H2,(H,23,24,25). The van der Waals surface area contributed by atoms with Crippen molar-refractivity contribution in [1.29, 1.82) is 0 Å². The van der Waals surface area contributed by atoms with E-state index in [-0.39, 0.29) is 12.6 Å². The number of fused-ring (bicyclic) bond motifs is 1. The summed E-state index contributed by atoms with van der Waals surface area (Å²) in [5, 5.41) is 5.30. The van der Waals surface area contributed by atoms with E-state index >= 15 is 0 Å². The number of nitrogens with zero attached hydrogens (tertiary/aromatic N) is 2. The molecule has 0 aliphatic heterocycles. The fourth-order valence-corrected chi connectivity index (χ4v) is 3.25. The van der Waals surface area contributed by atoms with E-state index in [9.17, 15) is 0 Å². The van der Waals surface area contributed by atoms with E-state index in [1.54, 1.807) is 24.5 Å². The minimum atomic E-state index is 0.260. The summed E-state index contributed by atoms with van der Waals surface area (Å²) in [5.41, 5.74) is 1.63. The zero-order valence-corrected chi connectivity index (χ0v) is 15.7. The first-order valence-corrected chi connectivity index (χ1v) is 9.04. The molecule has 5 nitrogen and oxygen atoms in total. The van der Waals surface area contributed by atoms with E-state index in [0.717, 1.165) is 22.2 Å². The van der Waals surface area contributed by atoms with Crippen LogP contribution in [0.1, 0.15) is 11.3 Å². The van der Waals surface area contributed by atoms with Crippen molar-refractivity contribution in [3.05, 3.63) is 82.2 Å². The van der Waals surface area contributed by atoms with Crippen LogP contribution in [-0.2, 0) is 13.2 Å². The highest BCUT2D eigenvalue weighted by molar-refractivity contribution is 6.34. The molecule has 4 rings (SSSR count). The molecule has 7 heteroatoms.